The molecule has 1 rings (SSSR count). The van der Waals surface area contributed by atoms with E-state index in [1.165, 1.54) is 6.92 Å². The van der Waals surface area contributed by atoms with Crippen LogP contribution in [0, 0.1) is 0 Å². The van der Waals surface area contributed by atoms with Crippen LogP contribution in [-0.4, -0.2) is 24.6 Å². The molecule has 0 atom stereocenters. The normalized spacial score (nSPS) is 11.4. The summed E-state index contributed by atoms with van der Waals surface area (Å²) in [5, 5.41) is 0. The largest absolute Gasteiger partial charge is 0.490 e. The lowest BCUT2D eigenvalue weighted by Crippen LogP contribution is -2.22. The number of carbonyl (C=O) groups excluding carboxylic acids is 1. The van der Waals surface area contributed by atoms with Gasteiger partial charge in [-0.05, 0) is 45.9 Å². The first kappa shape index (κ1) is 15.2. The number of halogens is 1. The number of Topliss-reactive ketones (excluding diaryl/α,β-unsaturated/α-hetero) is 1. The minimum Gasteiger partial charge on any atom is -0.490 e. The van der Waals surface area contributed by atoms with Gasteiger partial charge in [0.1, 0.15) is 12.4 Å². The molecule has 0 radical (unpaired) electrons. The maximum atomic E-state index is 11.4. The summed E-state index contributed by atoms with van der Waals surface area (Å²) in [6, 6.07) is 5.38. The van der Waals surface area contributed by atoms with Gasteiger partial charge in [0.05, 0.1) is 17.8 Å². The van der Waals surface area contributed by atoms with Crippen LogP contribution in [0.4, 0.5) is 0 Å². The Bertz CT molecular complexity index is 422. The van der Waals surface area contributed by atoms with Crippen molar-refractivity contribution in [3.8, 4) is 5.75 Å². The third-order valence-electron chi connectivity index (χ3n) is 2.20. The molecule has 0 saturated heterocycles. The topological polar surface area (TPSA) is 35.5 Å². The summed E-state index contributed by atoms with van der Waals surface area (Å²) >= 11 is 3.36. The van der Waals surface area contributed by atoms with Gasteiger partial charge in [0.25, 0.3) is 0 Å². The second-order valence-corrected chi connectivity index (χ2v) is 5.92. The van der Waals surface area contributed by atoms with E-state index in [0.29, 0.717) is 24.5 Å². The van der Waals surface area contributed by atoms with Crippen LogP contribution in [0.3, 0.4) is 0 Å². The van der Waals surface area contributed by atoms with Gasteiger partial charge in [0.2, 0.25) is 0 Å². The number of hydrogen-bond acceptors (Lipinski definition) is 3. The first-order chi connectivity index (χ1) is 8.29. The molecule has 0 fully saturated rings. The highest BCUT2D eigenvalue weighted by molar-refractivity contribution is 9.10. The summed E-state index contributed by atoms with van der Waals surface area (Å²) in [7, 11) is 0. The first-order valence-electron chi connectivity index (χ1n) is 5.87. The minimum atomic E-state index is -0.177. The van der Waals surface area contributed by atoms with E-state index in [-0.39, 0.29) is 11.4 Å². The van der Waals surface area contributed by atoms with Gasteiger partial charge in [-0.25, -0.2) is 0 Å². The van der Waals surface area contributed by atoms with Crippen molar-refractivity contribution < 1.29 is 14.3 Å². The average molecular weight is 315 g/mol. The van der Waals surface area contributed by atoms with Gasteiger partial charge < -0.3 is 9.47 Å². The van der Waals surface area contributed by atoms with Crippen molar-refractivity contribution in [1.29, 1.82) is 0 Å². The van der Waals surface area contributed by atoms with Crippen LogP contribution >= 0.6 is 15.9 Å². The summed E-state index contributed by atoms with van der Waals surface area (Å²) in [6.45, 7) is 8.43. The summed E-state index contributed by atoms with van der Waals surface area (Å²) in [4.78, 5) is 11.4. The highest BCUT2D eigenvalue weighted by Gasteiger charge is 2.11. The van der Waals surface area contributed by atoms with Gasteiger partial charge in [0, 0.05) is 4.47 Å². The number of hydrogen-bond donors (Lipinski definition) is 0. The molecule has 0 aliphatic rings. The smallest absolute Gasteiger partial charge is 0.163 e. The molecule has 1 aromatic carbocycles. The standard InChI is InChI=1S/C14H19BrO3/c1-10(16)12-6-5-11(15)9-13(12)17-7-8-18-14(2,3)4/h5-6,9H,7-8H2,1-4H3. The van der Waals surface area contributed by atoms with Gasteiger partial charge in [0.15, 0.2) is 5.78 Å². The molecule has 0 unspecified atom stereocenters. The van der Waals surface area contributed by atoms with Gasteiger partial charge in [-0.3, -0.25) is 4.79 Å². The maximum Gasteiger partial charge on any atom is 0.163 e. The summed E-state index contributed by atoms with van der Waals surface area (Å²) in [6.07, 6.45) is 0. The fourth-order valence-electron chi connectivity index (χ4n) is 1.41. The van der Waals surface area contributed by atoms with Crippen LogP contribution in [0.2, 0.25) is 0 Å². The quantitative estimate of drug-likeness (QED) is 0.612. The van der Waals surface area contributed by atoms with E-state index in [1.807, 2.05) is 26.8 Å². The van der Waals surface area contributed by atoms with Crippen molar-refractivity contribution in [3.05, 3.63) is 28.2 Å². The molecule has 0 aliphatic heterocycles. The van der Waals surface area contributed by atoms with Crippen molar-refractivity contribution in [2.24, 2.45) is 0 Å². The van der Waals surface area contributed by atoms with Crippen molar-refractivity contribution in [3.63, 3.8) is 0 Å². The fraction of sp³-hybridized carbons (Fsp3) is 0.500. The third-order valence-corrected chi connectivity index (χ3v) is 2.69. The van der Waals surface area contributed by atoms with E-state index in [9.17, 15) is 4.79 Å². The number of ether oxygens (including phenoxy) is 2. The molecule has 1 aromatic rings. The van der Waals surface area contributed by atoms with Gasteiger partial charge in [-0.15, -0.1) is 0 Å². The lowest BCUT2D eigenvalue weighted by atomic mass is 10.1. The van der Waals surface area contributed by atoms with Gasteiger partial charge >= 0.3 is 0 Å². The Labute approximate surface area is 117 Å². The van der Waals surface area contributed by atoms with E-state index in [1.54, 1.807) is 12.1 Å². The maximum absolute atomic E-state index is 11.4. The Morgan fingerprint density at radius 1 is 1.28 bits per heavy atom. The van der Waals surface area contributed by atoms with Crippen LogP contribution in [0.1, 0.15) is 38.1 Å². The highest BCUT2D eigenvalue weighted by atomic mass is 79.9. The van der Waals surface area contributed by atoms with E-state index >= 15 is 0 Å². The highest BCUT2D eigenvalue weighted by Crippen LogP contribution is 2.24. The Hall–Kier alpha value is -0.870. The fourth-order valence-corrected chi connectivity index (χ4v) is 1.75. The molecule has 3 nitrogen and oxygen atoms in total. The lowest BCUT2D eigenvalue weighted by Gasteiger charge is -2.19. The minimum absolute atomic E-state index is 0.00533. The van der Waals surface area contributed by atoms with Crippen LogP contribution in [-0.2, 0) is 4.74 Å². The van der Waals surface area contributed by atoms with E-state index in [4.69, 9.17) is 9.47 Å². The van der Waals surface area contributed by atoms with Gasteiger partial charge in [-0.1, -0.05) is 15.9 Å². The Morgan fingerprint density at radius 3 is 2.50 bits per heavy atom. The Balaban J connectivity index is 2.61. The number of rotatable bonds is 5. The third kappa shape index (κ3) is 5.19. The predicted molar refractivity (Wildman–Crippen MR) is 75.3 cm³/mol. The Morgan fingerprint density at radius 2 is 1.94 bits per heavy atom. The molecule has 4 heteroatoms. The van der Waals surface area contributed by atoms with Crippen molar-refractivity contribution in [2.75, 3.05) is 13.2 Å². The van der Waals surface area contributed by atoms with Gasteiger partial charge in [-0.2, -0.15) is 0 Å². The zero-order valence-corrected chi connectivity index (χ0v) is 12.8. The SMILES string of the molecule is CC(=O)c1ccc(Br)cc1OCCOC(C)(C)C. The molecular weight excluding hydrogens is 296 g/mol. The molecule has 0 aromatic heterocycles. The number of benzene rings is 1. The Kier molecular flexibility index (Phi) is 5.35. The second-order valence-electron chi connectivity index (χ2n) is 5.01. The average Bonchev–Trinajstić information content (AvgIpc) is 2.22. The summed E-state index contributed by atoms with van der Waals surface area (Å²) in [5.41, 5.74) is 0.415. The predicted octanol–water partition coefficient (Wildman–Crippen LogP) is 3.85. The molecule has 0 spiro atoms. The molecule has 0 amide bonds. The van der Waals surface area contributed by atoms with Crippen molar-refractivity contribution in [1.82, 2.24) is 0 Å². The zero-order valence-electron chi connectivity index (χ0n) is 11.2. The van der Waals surface area contributed by atoms with E-state index in [2.05, 4.69) is 15.9 Å². The van der Waals surface area contributed by atoms with Crippen LogP contribution in [0.15, 0.2) is 22.7 Å². The summed E-state index contributed by atoms with van der Waals surface area (Å²) < 4.78 is 12.0. The van der Waals surface area contributed by atoms with Crippen molar-refractivity contribution >= 4 is 21.7 Å². The molecule has 18 heavy (non-hydrogen) atoms. The number of carbonyl (C=O) groups is 1. The molecule has 0 bridgehead atoms. The molecule has 0 heterocycles. The molecular formula is C14H19BrO3. The van der Waals surface area contributed by atoms with Crippen LogP contribution in [0.25, 0.3) is 0 Å². The van der Waals surface area contributed by atoms with E-state index in [0.717, 1.165) is 4.47 Å². The van der Waals surface area contributed by atoms with Crippen molar-refractivity contribution in [2.45, 2.75) is 33.3 Å². The lowest BCUT2D eigenvalue weighted by molar-refractivity contribution is -0.0163. The van der Waals surface area contributed by atoms with Crippen LogP contribution < -0.4 is 4.74 Å². The molecule has 0 saturated carbocycles. The number of ketones is 1. The zero-order chi connectivity index (χ0) is 13.8. The molecule has 0 N–H and O–H groups in total. The summed E-state index contributed by atoms with van der Waals surface area (Å²) in [5.74, 6) is 0.587. The molecule has 0 aliphatic carbocycles. The first-order valence-corrected chi connectivity index (χ1v) is 6.66. The molecule has 100 valence electrons. The van der Waals surface area contributed by atoms with E-state index < -0.39 is 0 Å². The van der Waals surface area contributed by atoms with Crippen LogP contribution in [0.5, 0.6) is 5.75 Å². The second kappa shape index (κ2) is 6.34. The monoisotopic (exact) mass is 314 g/mol.